The molecule has 1 aromatic heterocycles. The lowest BCUT2D eigenvalue weighted by Gasteiger charge is -2.32. The molecule has 2 heterocycles. The fourth-order valence-electron chi connectivity index (χ4n) is 3.18. The standard InChI is InChI=1S/C14H22N4O4S/c1-11(19)17-7-9-18(10-8-17)13-15-16-14(22-13)23(20,21)12-5-3-2-4-6-12/h12H,2-10H2,1H3. The highest BCUT2D eigenvalue weighted by atomic mass is 32.2. The average Bonchev–Trinajstić information content (AvgIpc) is 3.06. The predicted molar refractivity (Wildman–Crippen MR) is 82.8 cm³/mol. The van der Waals surface area contributed by atoms with Gasteiger partial charge in [0, 0.05) is 33.1 Å². The largest absolute Gasteiger partial charge is 0.394 e. The fraction of sp³-hybridized carbons (Fsp3) is 0.786. The van der Waals surface area contributed by atoms with Crippen molar-refractivity contribution in [3.8, 4) is 0 Å². The van der Waals surface area contributed by atoms with E-state index in [0.717, 1.165) is 19.3 Å². The van der Waals surface area contributed by atoms with Gasteiger partial charge in [-0.05, 0) is 12.8 Å². The van der Waals surface area contributed by atoms with E-state index in [4.69, 9.17) is 4.42 Å². The van der Waals surface area contributed by atoms with Gasteiger partial charge in [0.05, 0.1) is 5.25 Å². The second-order valence-electron chi connectivity index (χ2n) is 6.15. The Morgan fingerprint density at radius 1 is 1.09 bits per heavy atom. The predicted octanol–water partition coefficient (Wildman–Crippen LogP) is 0.844. The van der Waals surface area contributed by atoms with Gasteiger partial charge in [0.1, 0.15) is 0 Å². The second-order valence-corrected chi connectivity index (χ2v) is 8.25. The second kappa shape index (κ2) is 6.46. The number of hydrogen-bond donors (Lipinski definition) is 0. The molecule has 0 radical (unpaired) electrons. The molecule has 1 amide bonds. The lowest BCUT2D eigenvalue weighted by atomic mass is 10.0. The molecule has 23 heavy (non-hydrogen) atoms. The van der Waals surface area contributed by atoms with Crippen molar-refractivity contribution in [2.75, 3.05) is 31.1 Å². The summed E-state index contributed by atoms with van der Waals surface area (Å²) in [5.74, 6) is 0.0377. The first-order valence-corrected chi connectivity index (χ1v) is 9.61. The van der Waals surface area contributed by atoms with E-state index in [1.807, 2.05) is 4.90 Å². The first-order valence-electron chi connectivity index (χ1n) is 8.06. The molecule has 0 spiro atoms. The summed E-state index contributed by atoms with van der Waals surface area (Å²) in [6, 6.07) is 0.225. The molecule has 128 valence electrons. The first-order chi connectivity index (χ1) is 11.0. The Kier molecular flexibility index (Phi) is 4.56. The smallest absolute Gasteiger partial charge is 0.337 e. The van der Waals surface area contributed by atoms with Crippen molar-refractivity contribution in [1.29, 1.82) is 0 Å². The van der Waals surface area contributed by atoms with Crippen LogP contribution in [0.1, 0.15) is 39.0 Å². The number of carbonyl (C=O) groups excluding carboxylic acids is 1. The highest BCUT2D eigenvalue weighted by molar-refractivity contribution is 7.91. The molecule has 1 saturated heterocycles. The van der Waals surface area contributed by atoms with Gasteiger partial charge in [-0.2, -0.15) is 0 Å². The van der Waals surface area contributed by atoms with Crippen LogP contribution in [0.15, 0.2) is 9.64 Å². The van der Waals surface area contributed by atoms with Crippen LogP contribution in [0.25, 0.3) is 0 Å². The number of carbonyl (C=O) groups is 1. The van der Waals surface area contributed by atoms with Gasteiger partial charge in [0.25, 0.3) is 0 Å². The number of hydrogen-bond acceptors (Lipinski definition) is 7. The maximum absolute atomic E-state index is 12.6. The number of amides is 1. The molecule has 0 bridgehead atoms. The van der Waals surface area contributed by atoms with E-state index in [1.165, 1.54) is 6.92 Å². The van der Waals surface area contributed by atoms with Gasteiger partial charge >= 0.3 is 11.2 Å². The highest BCUT2D eigenvalue weighted by Crippen LogP contribution is 2.29. The minimum atomic E-state index is -3.54. The lowest BCUT2D eigenvalue weighted by Crippen LogP contribution is -2.48. The van der Waals surface area contributed by atoms with Crippen LogP contribution in [0.5, 0.6) is 0 Å². The topological polar surface area (TPSA) is 96.6 Å². The number of anilines is 1. The molecule has 1 saturated carbocycles. The molecule has 8 nitrogen and oxygen atoms in total. The number of nitrogens with zero attached hydrogens (tertiary/aromatic N) is 4. The minimum absolute atomic E-state index is 0.0377. The van der Waals surface area contributed by atoms with Crippen LogP contribution >= 0.6 is 0 Å². The normalized spacial score (nSPS) is 20.7. The third-order valence-corrected chi connectivity index (χ3v) is 6.63. The highest BCUT2D eigenvalue weighted by Gasteiger charge is 2.34. The van der Waals surface area contributed by atoms with Gasteiger partial charge in [0.15, 0.2) is 0 Å². The Labute approximate surface area is 135 Å². The SMILES string of the molecule is CC(=O)N1CCN(c2nnc(S(=O)(=O)C3CCCCC3)o2)CC1. The molecule has 0 atom stereocenters. The molecule has 9 heteroatoms. The third-order valence-electron chi connectivity index (χ3n) is 4.63. The molecule has 2 fully saturated rings. The Balaban J connectivity index is 1.69. The maximum atomic E-state index is 12.6. The van der Waals surface area contributed by atoms with E-state index in [9.17, 15) is 13.2 Å². The van der Waals surface area contributed by atoms with Crippen LogP contribution in [-0.2, 0) is 14.6 Å². The van der Waals surface area contributed by atoms with Crippen molar-refractivity contribution < 1.29 is 17.6 Å². The third kappa shape index (κ3) is 3.34. The number of sulfone groups is 1. The van der Waals surface area contributed by atoms with E-state index in [2.05, 4.69) is 10.2 Å². The molecule has 1 aliphatic carbocycles. The zero-order valence-electron chi connectivity index (χ0n) is 13.3. The summed E-state index contributed by atoms with van der Waals surface area (Å²) in [5.41, 5.74) is 0. The monoisotopic (exact) mass is 342 g/mol. The van der Waals surface area contributed by atoms with Crippen molar-refractivity contribution in [2.45, 2.75) is 49.5 Å². The molecule has 3 rings (SSSR count). The van der Waals surface area contributed by atoms with Crippen molar-refractivity contribution in [2.24, 2.45) is 0 Å². The van der Waals surface area contributed by atoms with E-state index in [0.29, 0.717) is 39.0 Å². The Morgan fingerprint density at radius 3 is 2.35 bits per heavy atom. The Morgan fingerprint density at radius 2 is 1.74 bits per heavy atom. The summed E-state index contributed by atoms with van der Waals surface area (Å²) in [6.07, 6.45) is 4.27. The van der Waals surface area contributed by atoms with Crippen LogP contribution in [0, 0.1) is 0 Å². The van der Waals surface area contributed by atoms with Crippen molar-refractivity contribution >= 4 is 21.8 Å². The molecule has 1 aromatic rings. The van der Waals surface area contributed by atoms with Crippen molar-refractivity contribution in [3.05, 3.63) is 0 Å². The summed E-state index contributed by atoms with van der Waals surface area (Å²) < 4.78 is 30.6. The van der Waals surface area contributed by atoms with Crippen LogP contribution in [0.3, 0.4) is 0 Å². The van der Waals surface area contributed by atoms with Gasteiger partial charge < -0.3 is 14.2 Å². The molecular formula is C14H22N4O4S. The van der Waals surface area contributed by atoms with Crippen molar-refractivity contribution in [1.82, 2.24) is 15.1 Å². The van der Waals surface area contributed by atoms with Crippen LogP contribution in [-0.4, -0.2) is 60.9 Å². The summed E-state index contributed by atoms with van der Waals surface area (Å²) in [6.45, 7) is 3.80. The van der Waals surface area contributed by atoms with Gasteiger partial charge in [-0.1, -0.05) is 29.5 Å². The van der Waals surface area contributed by atoms with Crippen LogP contribution in [0.4, 0.5) is 6.01 Å². The summed E-state index contributed by atoms with van der Waals surface area (Å²) in [4.78, 5) is 14.9. The Hall–Kier alpha value is -1.64. The average molecular weight is 342 g/mol. The number of rotatable bonds is 3. The molecule has 0 unspecified atom stereocenters. The summed E-state index contributed by atoms with van der Waals surface area (Å²) in [5, 5.41) is 6.99. The zero-order valence-corrected chi connectivity index (χ0v) is 14.1. The van der Waals surface area contributed by atoms with Gasteiger partial charge in [-0.3, -0.25) is 4.79 Å². The minimum Gasteiger partial charge on any atom is -0.394 e. The van der Waals surface area contributed by atoms with E-state index in [1.54, 1.807) is 4.90 Å². The first kappa shape index (κ1) is 16.2. The fourth-order valence-corrected chi connectivity index (χ4v) is 4.76. The molecule has 0 N–H and O–H groups in total. The molecule has 0 aromatic carbocycles. The summed E-state index contributed by atoms with van der Waals surface area (Å²) >= 11 is 0. The van der Waals surface area contributed by atoms with Crippen LogP contribution < -0.4 is 4.90 Å². The molecular weight excluding hydrogens is 320 g/mol. The molecule has 2 aliphatic rings. The maximum Gasteiger partial charge on any atom is 0.337 e. The lowest BCUT2D eigenvalue weighted by molar-refractivity contribution is -0.129. The van der Waals surface area contributed by atoms with Crippen LogP contribution in [0.2, 0.25) is 0 Å². The van der Waals surface area contributed by atoms with E-state index >= 15 is 0 Å². The number of aromatic nitrogens is 2. The Bertz CT molecular complexity index is 658. The van der Waals surface area contributed by atoms with E-state index in [-0.39, 0.29) is 17.1 Å². The summed E-state index contributed by atoms with van der Waals surface area (Å²) in [7, 11) is -3.54. The van der Waals surface area contributed by atoms with E-state index < -0.39 is 15.1 Å². The quantitative estimate of drug-likeness (QED) is 0.803. The van der Waals surface area contributed by atoms with Gasteiger partial charge in [-0.25, -0.2) is 8.42 Å². The molecule has 1 aliphatic heterocycles. The van der Waals surface area contributed by atoms with Crippen molar-refractivity contribution in [3.63, 3.8) is 0 Å². The van der Waals surface area contributed by atoms with Gasteiger partial charge in [0.2, 0.25) is 15.7 Å². The zero-order chi connectivity index (χ0) is 16.4. The van der Waals surface area contributed by atoms with Gasteiger partial charge in [-0.15, -0.1) is 0 Å². The number of piperazine rings is 1.